The van der Waals surface area contributed by atoms with Crippen LogP contribution in [0.5, 0.6) is 0 Å². The third-order valence-electron chi connectivity index (χ3n) is 5.40. The molecule has 3 rings (SSSR count). The summed E-state index contributed by atoms with van der Waals surface area (Å²) >= 11 is 0. The Bertz CT molecular complexity index is 1240. The van der Waals surface area contributed by atoms with Crippen LogP contribution < -0.4 is 9.62 Å². The number of nitrogens with one attached hydrogen (secondary N) is 1. The molecule has 0 aliphatic rings. The summed E-state index contributed by atoms with van der Waals surface area (Å²) in [5.74, 6) is -0.134. The van der Waals surface area contributed by atoms with Gasteiger partial charge in [-0.3, -0.25) is 9.10 Å². The molecule has 0 heterocycles. The van der Waals surface area contributed by atoms with E-state index in [1.165, 1.54) is 10.6 Å². The average molecular weight is 467 g/mol. The van der Waals surface area contributed by atoms with Crippen molar-refractivity contribution < 1.29 is 13.2 Å². The number of sulfonamides is 1. The molecule has 0 atom stereocenters. The average Bonchev–Trinajstić information content (AvgIpc) is 2.69. The second kappa shape index (κ2) is 9.18. The molecule has 3 aromatic carbocycles. The highest BCUT2D eigenvalue weighted by Gasteiger charge is 2.27. The van der Waals surface area contributed by atoms with E-state index in [0.29, 0.717) is 11.3 Å². The van der Waals surface area contributed by atoms with Crippen LogP contribution in [0.15, 0.2) is 66.7 Å². The van der Waals surface area contributed by atoms with Crippen molar-refractivity contribution in [3.05, 3.63) is 77.9 Å². The zero-order valence-corrected chi connectivity index (χ0v) is 21.2. The molecular weight excluding hydrogens is 432 g/mol. The zero-order valence-electron chi connectivity index (χ0n) is 20.3. The molecule has 5 nitrogen and oxygen atoms in total. The van der Waals surface area contributed by atoms with Crippen molar-refractivity contribution in [1.29, 1.82) is 0 Å². The SMILES string of the molecule is CC(C)(C)CC(C)(C)NC(=O)c1ccc(CN(c2cccc3ccccc23)S(C)(=O)=O)cc1. The Hall–Kier alpha value is -2.86. The molecule has 0 aromatic heterocycles. The number of carbonyl (C=O) groups is 1. The number of rotatable bonds is 7. The van der Waals surface area contributed by atoms with Crippen molar-refractivity contribution in [3.63, 3.8) is 0 Å². The Morgan fingerprint density at radius 2 is 1.48 bits per heavy atom. The van der Waals surface area contributed by atoms with Crippen molar-refractivity contribution in [2.24, 2.45) is 5.41 Å². The van der Waals surface area contributed by atoms with Crippen molar-refractivity contribution in [2.45, 2.75) is 53.1 Å². The van der Waals surface area contributed by atoms with Gasteiger partial charge in [0.2, 0.25) is 10.0 Å². The molecule has 0 unspecified atom stereocenters. The maximum absolute atomic E-state index is 12.8. The minimum absolute atomic E-state index is 0.0946. The predicted molar refractivity (Wildman–Crippen MR) is 137 cm³/mol. The van der Waals surface area contributed by atoms with Crippen LogP contribution in [0.1, 0.15) is 57.0 Å². The molecule has 0 saturated carbocycles. The summed E-state index contributed by atoms with van der Waals surface area (Å²) < 4.78 is 26.8. The van der Waals surface area contributed by atoms with Gasteiger partial charge in [-0.2, -0.15) is 0 Å². The van der Waals surface area contributed by atoms with Gasteiger partial charge in [-0.05, 0) is 54.8 Å². The third kappa shape index (κ3) is 6.57. The number of fused-ring (bicyclic) bond motifs is 1. The normalized spacial score (nSPS) is 12.5. The minimum Gasteiger partial charge on any atom is -0.347 e. The summed E-state index contributed by atoms with van der Waals surface area (Å²) in [7, 11) is -3.52. The van der Waals surface area contributed by atoms with Crippen molar-refractivity contribution in [2.75, 3.05) is 10.6 Å². The number of hydrogen-bond acceptors (Lipinski definition) is 3. The van der Waals surface area contributed by atoms with Crippen LogP contribution in [-0.4, -0.2) is 26.1 Å². The van der Waals surface area contributed by atoms with E-state index in [2.05, 4.69) is 26.1 Å². The summed E-state index contributed by atoms with van der Waals surface area (Å²) in [6.45, 7) is 10.7. The first-order chi connectivity index (χ1) is 15.3. The van der Waals surface area contributed by atoms with Crippen molar-refractivity contribution in [3.8, 4) is 0 Å². The smallest absolute Gasteiger partial charge is 0.251 e. The van der Waals surface area contributed by atoms with Gasteiger partial charge >= 0.3 is 0 Å². The Morgan fingerprint density at radius 3 is 2.09 bits per heavy atom. The van der Waals surface area contributed by atoms with E-state index in [4.69, 9.17) is 0 Å². The molecule has 0 spiro atoms. The molecule has 0 radical (unpaired) electrons. The van der Waals surface area contributed by atoms with Gasteiger partial charge in [0.05, 0.1) is 18.5 Å². The fourth-order valence-corrected chi connectivity index (χ4v) is 5.38. The monoisotopic (exact) mass is 466 g/mol. The van der Waals surface area contributed by atoms with Crippen LogP contribution in [0.25, 0.3) is 10.8 Å². The number of anilines is 1. The Balaban J connectivity index is 1.83. The van der Waals surface area contributed by atoms with Crippen LogP contribution in [0.4, 0.5) is 5.69 Å². The van der Waals surface area contributed by atoms with Gasteiger partial charge < -0.3 is 5.32 Å². The van der Waals surface area contributed by atoms with E-state index in [9.17, 15) is 13.2 Å². The maximum atomic E-state index is 12.8. The van der Waals surface area contributed by atoms with Crippen LogP contribution in [0.3, 0.4) is 0 Å². The lowest BCUT2D eigenvalue weighted by Gasteiger charge is -2.33. The Morgan fingerprint density at radius 1 is 0.879 bits per heavy atom. The van der Waals surface area contributed by atoms with Gasteiger partial charge in [0.15, 0.2) is 0 Å². The molecule has 0 aliphatic carbocycles. The first kappa shape index (κ1) is 24.8. The number of benzene rings is 3. The quantitative estimate of drug-likeness (QED) is 0.482. The Kier molecular flexibility index (Phi) is 6.89. The number of nitrogens with zero attached hydrogens (tertiary/aromatic N) is 1. The number of hydrogen-bond donors (Lipinski definition) is 1. The number of carbonyl (C=O) groups excluding carboxylic acids is 1. The molecule has 6 heteroatoms. The van der Waals surface area contributed by atoms with E-state index in [-0.39, 0.29) is 23.4 Å². The first-order valence-corrected chi connectivity index (χ1v) is 13.0. The van der Waals surface area contributed by atoms with Crippen LogP contribution in [0.2, 0.25) is 0 Å². The van der Waals surface area contributed by atoms with E-state index < -0.39 is 10.0 Å². The lowest BCUT2D eigenvalue weighted by Crippen LogP contribution is -2.45. The molecule has 33 heavy (non-hydrogen) atoms. The molecule has 1 amide bonds. The molecule has 0 fully saturated rings. The highest BCUT2D eigenvalue weighted by molar-refractivity contribution is 7.92. The summed E-state index contributed by atoms with van der Waals surface area (Å²) in [6.07, 6.45) is 2.06. The van der Waals surface area contributed by atoms with E-state index >= 15 is 0 Å². The fourth-order valence-electron chi connectivity index (χ4n) is 4.48. The molecular formula is C27H34N2O3S. The highest BCUT2D eigenvalue weighted by atomic mass is 32.2. The topological polar surface area (TPSA) is 66.5 Å². The molecule has 0 bridgehead atoms. The highest BCUT2D eigenvalue weighted by Crippen LogP contribution is 2.30. The minimum atomic E-state index is -3.52. The van der Waals surface area contributed by atoms with Crippen LogP contribution in [-0.2, 0) is 16.6 Å². The molecule has 176 valence electrons. The molecule has 0 saturated heterocycles. The van der Waals surface area contributed by atoms with E-state index in [1.807, 2.05) is 68.4 Å². The fraction of sp³-hybridized carbons (Fsp3) is 0.370. The summed E-state index contributed by atoms with van der Waals surface area (Å²) in [5.41, 5.74) is 1.75. The third-order valence-corrected chi connectivity index (χ3v) is 6.53. The lowest BCUT2D eigenvalue weighted by molar-refractivity contribution is 0.0891. The van der Waals surface area contributed by atoms with Gasteiger partial charge in [0.25, 0.3) is 5.91 Å². The van der Waals surface area contributed by atoms with Gasteiger partial charge in [-0.15, -0.1) is 0 Å². The molecule has 1 N–H and O–H groups in total. The van der Waals surface area contributed by atoms with Crippen LogP contribution in [0, 0.1) is 5.41 Å². The Labute approximate surface area is 197 Å². The van der Waals surface area contributed by atoms with Crippen molar-refractivity contribution in [1.82, 2.24) is 5.32 Å². The number of amides is 1. The summed E-state index contributed by atoms with van der Waals surface area (Å²) in [5, 5.41) is 4.97. The molecule has 0 aliphatic heterocycles. The zero-order chi connectivity index (χ0) is 24.4. The van der Waals surface area contributed by atoms with Gasteiger partial charge in [-0.25, -0.2) is 8.42 Å². The van der Waals surface area contributed by atoms with Gasteiger partial charge in [0.1, 0.15) is 0 Å². The molecule has 3 aromatic rings. The van der Waals surface area contributed by atoms with Crippen LogP contribution >= 0.6 is 0 Å². The summed E-state index contributed by atoms with van der Waals surface area (Å²) in [4.78, 5) is 12.8. The summed E-state index contributed by atoms with van der Waals surface area (Å²) in [6, 6.07) is 20.5. The predicted octanol–water partition coefficient (Wildman–Crippen LogP) is 5.75. The van der Waals surface area contributed by atoms with Gasteiger partial charge in [0, 0.05) is 16.5 Å². The van der Waals surface area contributed by atoms with Gasteiger partial charge in [-0.1, -0.05) is 69.3 Å². The van der Waals surface area contributed by atoms with E-state index in [1.54, 1.807) is 12.1 Å². The maximum Gasteiger partial charge on any atom is 0.251 e. The standard InChI is InChI=1S/C27H34N2O3S/c1-26(2,3)19-27(4,5)28-25(30)22-16-14-20(15-17-22)18-29(33(6,31)32)24-13-9-11-21-10-7-8-12-23(21)24/h7-17H,18-19H2,1-6H3,(H,28,30). The second-order valence-corrected chi connectivity index (χ2v) is 12.4. The lowest BCUT2D eigenvalue weighted by atomic mass is 9.81. The first-order valence-electron chi connectivity index (χ1n) is 11.1. The largest absolute Gasteiger partial charge is 0.347 e. The second-order valence-electron chi connectivity index (χ2n) is 10.5. The van der Waals surface area contributed by atoms with E-state index in [0.717, 1.165) is 22.8 Å². The van der Waals surface area contributed by atoms with Crippen molar-refractivity contribution >= 4 is 32.4 Å².